The van der Waals surface area contributed by atoms with Crippen molar-refractivity contribution in [1.29, 1.82) is 0 Å². The standard InChI is InChI=1S/C15H24N2O2/c1-5-6-13(16)15(18)17(3)10-12-9-11(2)7-8-14(12)19-4/h7-9,13H,5-6,10,16H2,1-4H3. The number of benzene rings is 1. The van der Waals surface area contributed by atoms with Crippen molar-refractivity contribution >= 4 is 5.91 Å². The van der Waals surface area contributed by atoms with E-state index in [0.717, 1.165) is 23.3 Å². The van der Waals surface area contributed by atoms with E-state index in [2.05, 4.69) is 0 Å². The summed E-state index contributed by atoms with van der Waals surface area (Å²) in [6.45, 7) is 4.56. The van der Waals surface area contributed by atoms with E-state index in [1.807, 2.05) is 32.0 Å². The lowest BCUT2D eigenvalue weighted by Crippen LogP contribution is -2.41. The first-order chi connectivity index (χ1) is 8.99. The van der Waals surface area contributed by atoms with Crippen LogP contribution >= 0.6 is 0 Å². The number of rotatable bonds is 6. The van der Waals surface area contributed by atoms with Crippen LogP contribution in [0.25, 0.3) is 0 Å². The third kappa shape index (κ3) is 4.24. The molecule has 0 aromatic heterocycles. The molecule has 0 aliphatic rings. The number of nitrogens with two attached hydrogens (primary N) is 1. The molecule has 0 aliphatic heterocycles. The van der Waals surface area contributed by atoms with Gasteiger partial charge >= 0.3 is 0 Å². The molecule has 106 valence electrons. The van der Waals surface area contributed by atoms with Crippen LogP contribution in [0.4, 0.5) is 0 Å². The van der Waals surface area contributed by atoms with Gasteiger partial charge in [-0.2, -0.15) is 0 Å². The molecule has 1 rings (SSSR count). The van der Waals surface area contributed by atoms with Gasteiger partial charge in [0.25, 0.3) is 0 Å². The molecule has 0 spiro atoms. The Morgan fingerprint density at radius 2 is 2.16 bits per heavy atom. The largest absolute Gasteiger partial charge is 0.496 e. The lowest BCUT2D eigenvalue weighted by Gasteiger charge is -2.22. The molecule has 0 bridgehead atoms. The van der Waals surface area contributed by atoms with Gasteiger partial charge in [0.1, 0.15) is 5.75 Å². The minimum Gasteiger partial charge on any atom is -0.496 e. The number of hydrogen-bond acceptors (Lipinski definition) is 3. The Hall–Kier alpha value is -1.55. The van der Waals surface area contributed by atoms with Crippen molar-refractivity contribution in [2.24, 2.45) is 5.73 Å². The molecule has 0 aliphatic carbocycles. The maximum Gasteiger partial charge on any atom is 0.239 e. The summed E-state index contributed by atoms with van der Waals surface area (Å²) in [7, 11) is 3.42. The number of methoxy groups -OCH3 is 1. The smallest absolute Gasteiger partial charge is 0.239 e. The quantitative estimate of drug-likeness (QED) is 0.856. The highest BCUT2D eigenvalue weighted by Gasteiger charge is 2.18. The highest BCUT2D eigenvalue weighted by molar-refractivity contribution is 5.81. The monoisotopic (exact) mass is 264 g/mol. The first-order valence-corrected chi connectivity index (χ1v) is 6.63. The van der Waals surface area contributed by atoms with Crippen LogP contribution in [0.1, 0.15) is 30.9 Å². The fourth-order valence-electron chi connectivity index (χ4n) is 2.08. The Balaban J connectivity index is 2.78. The van der Waals surface area contributed by atoms with Crippen LogP contribution < -0.4 is 10.5 Å². The van der Waals surface area contributed by atoms with Crippen molar-refractivity contribution in [2.75, 3.05) is 14.2 Å². The molecular formula is C15H24N2O2. The third-order valence-electron chi connectivity index (χ3n) is 3.14. The average molecular weight is 264 g/mol. The summed E-state index contributed by atoms with van der Waals surface area (Å²) in [5, 5.41) is 0. The molecule has 4 heteroatoms. The van der Waals surface area contributed by atoms with Crippen molar-refractivity contribution < 1.29 is 9.53 Å². The minimum absolute atomic E-state index is 0.0228. The molecule has 0 radical (unpaired) electrons. The molecule has 0 saturated heterocycles. The first-order valence-electron chi connectivity index (χ1n) is 6.63. The van der Waals surface area contributed by atoms with Crippen LogP contribution in [0.15, 0.2) is 18.2 Å². The van der Waals surface area contributed by atoms with E-state index in [0.29, 0.717) is 13.0 Å². The number of ether oxygens (including phenoxy) is 1. The molecule has 1 aromatic carbocycles. The number of carbonyl (C=O) groups is 1. The van der Waals surface area contributed by atoms with Gasteiger partial charge in [-0.15, -0.1) is 0 Å². The third-order valence-corrected chi connectivity index (χ3v) is 3.14. The predicted molar refractivity (Wildman–Crippen MR) is 77.1 cm³/mol. The molecule has 0 heterocycles. The van der Waals surface area contributed by atoms with Gasteiger partial charge in [-0.1, -0.05) is 31.0 Å². The van der Waals surface area contributed by atoms with Crippen LogP contribution in [0.2, 0.25) is 0 Å². The summed E-state index contributed by atoms with van der Waals surface area (Å²) in [6, 6.07) is 5.54. The van der Waals surface area contributed by atoms with Gasteiger partial charge in [-0.3, -0.25) is 4.79 Å². The average Bonchev–Trinajstić information content (AvgIpc) is 2.38. The lowest BCUT2D eigenvalue weighted by atomic mass is 10.1. The number of amides is 1. The number of aryl methyl sites for hydroxylation is 1. The molecule has 19 heavy (non-hydrogen) atoms. The molecule has 0 saturated carbocycles. The van der Waals surface area contributed by atoms with Gasteiger partial charge < -0.3 is 15.4 Å². The highest BCUT2D eigenvalue weighted by atomic mass is 16.5. The van der Waals surface area contributed by atoms with Crippen molar-refractivity contribution in [3.8, 4) is 5.75 Å². The van der Waals surface area contributed by atoms with Crippen molar-refractivity contribution in [1.82, 2.24) is 4.90 Å². The van der Waals surface area contributed by atoms with Crippen LogP contribution in [0.5, 0.6) is 5.75 Å². The zero-order chi connectivity index (χ0) is 14.4. The fourth-order valence-corrected chi connectivity index (χ4v) is 2.08. The maximum absolute atomic E-state index is 12.1. The number of likely N-dealkylation sites (N-methyl/N-ethyl adjacent to an activating group) is 1. The van der Waals surface area contributed by atoms with E-state index in [1.165, 1.54) is 0 Å². The second-order valence-electron chi connectivity index (χ2n) is 4.90. The molecule has 1 unspecified atom stereocenters. The van der Waals surface area contributed by atoms with Gasteiger partial charge in [0.05, 0.1) is 13.2 Å². The normalized spacial score (nSPS) is 12.1. The van der Waals surface area contributed by atoms with Crippen molar-refractivity contribution in [2.45, 2.75) is 39.3 Å². The Morgan fingerprint density at radius 1 is 1.47 bits per heavy atom. The van der Waals surface area contributed by atoms with Gasteiger partial charge in [-0.25, -0.2) is 0 Å². The molecule has 1 atom stereocenters. The van der Waals surface area contributed by atoms with Gasteiger partial charge in [0.15, 0.2) is 0 Å². The topological polar surface area (TPSA) is 55.6 Å². The lowest BCUT2D eigenvalue weighted by molar-refractivity contribution is -0.132. The summed E-state index contributed by atoms with van der Waals surface area (Å²) in [5.74, 6) is 0.778. The highest BCUT2D eigenvalue weighted by Crippen LogP contribution is 2.21. The van der Waals surface area contributed by atoms with Crippen LogP contribution in [-0.2, 0) is 11.3 Å². The number of carbonyl (C=O) groups excluding carboxylic acids is 1. The summed E-state index contributed by atoms with van der Waals surface area (Å²) in [6.07, 6.45) is 1.63. The molecule has 1 amide bonds. The molecule has 2 N–H and O–H groups in total. The van der Waals surface area contributed by atoms with E-state index in [1.54, 1.807) is 19.1 Å². The van der Waals surface area contributed by atoms with E-state index in [4.69, 9.17) is 10.5 Å². The minimum atomic E-state index is -0.411. The number of hydrogen-bond donors (Lipinski definition) is 1. The second kappa shape index (κ2) is 7.14. The summed E-state index contributed by atoms with van der Waals surface area (Å²) < 4.78 is 5.32. The Morgan fingerprint density at radius 3 is 2.74 bits per heavy atom. The maximum atomic E-state index is 12.1. The first kappa shape index (κ1) is 15.5. The summed E-state index contributed by atoms with van der Waals surface area (Å²) in [4.78, 5) is 13.7. The van der Waals surface area contributed by atoms with Crippen LogP contribution in [-0.4, -0.2) is 31.0 Å². The molecular weight excluding hydrogens is 240 g/mol. The van der Waals surface area contributed by atoms with E-state index in [-0.39, 0.29) is 5.91 Å². The second-order valence-corrected chi connectivity index (χ2v) is 4.90. The molecule has 4 nitrogen and oxygen atoms in total. The summed E-state index contributed by atoms with van der Waals surface area (Å²) in [5.41, 5.74) is 8.01. The van der Waals surface area contributed by atoms with Crippen molar-refractivity contribution in [3.63, 3.8) is 0 Å². The summed E-state index contributed by atoms with van der Waals surface area (Å²) >= 11 is 0. The zero-order valence-corrected chi connectivity index (χ0v) is 12.3. The Labute approximate surface area is 115 Å². The van der Waals surface area contributed by atoms with Crippen LogP contribution in [0.3, 0.4) is 0 Å². The SMILES string of the molecule is CCCC(N)C(=O)N(C)Cc1cc(C)ccc1OC. The Kier molecular flexibility index (Phi) is 5.83. The van der Waals surface area contributed by atoms with Crippen molar-refractivity contribution in [3.05, 3.63) is 29.3 Å². The van der Waals surface area contributed by atoms with E-state index >= 15 is 0 Å². The van der Waals surface area contributed by atoms with Gasteiger partial charge in [0, 0.05) is 19.2 Å². The van der Waals surface area contributed by atoms with E-state index in [9.17, 15) is 4.79 Å². The molecule has 0 fully saturated rings. The van der Waals surface area contributed by atoms with Gasteiger partial charge in [0.2, 0.25) is 5.91 Å². The fraction of sp³-hybridized carbons (Fsp3) is 0.533. The Bertz CT molecular complexity index is 432. The van der Waals surface area contributed by atoms with E-state index < -0.39 is 6.04 Å². The molecule has 1 aromatic rings. The zero-order valence-electron chi connectivity index (χ0n) is 12.3. The number of nitrogens with zero attached hydrogens (tertiary/aromatic N) is 1. The van der Waals surface area contributed by atoms with Crippen LogP contribution in [0, 0.1) is 6.92 Å². The predicted octanol–water partition coefficient (Wildman–Crippen LogP) is 2.09. The van der Waals surface area contributed by atoms with Gasteiger partial charge in [-0.05, 0) is 19.4 Å².